The molecular formula is C12H16ClNO5S2. The molecule has 0 heterocycles. The van der Waals surface area contributed by atoms with Gasteiger partial charge >= 0.3 is 5.97 Å². The molecule has 1 unspecified atom stereocenters. The van der Waals surface area contributed by atoms with Crippen molar-refractivity contribution in [2.24, 2.45) is 0 Å². The normalized spacial score (nSPS) is 12.9. The fourth-order valence-electron chi connectivity index (χ4n) is 1.58. The Morgan fingerprint density at radius 3 is 2.71 bits per heavy atom. The summed E-state index contributed by atoms with van der Waals surface area (Å²) in [4.78, 5) is 11.0. The number of ether oxygens (including phenoxy) is 1. The van der Waals surface area contributed by atoms with Crippen molar-refractivity contribution in [3.8, 4) is 5.75 Å². The summed E-state index contributed by atoms with van der Waals surface area (Å²) in [5.74, 6) is -0.637. The van der Waals surface area contributed by atoms with Crippen molar-refractivity contribution in [3.63, 3.8) is 0 Å². The summed E-state index contributed by atoms with van der Waals surface area (Å²) in [5.41, 5.74) is 0. The van der Waals surface area contributed by atoms with E-state index in [0.717, 1.165) is 0 Å². The van der Waals surface area contributed by atoms with Crippen LogP contribution in [0.3, 0.4) is 0 Å². The van der Waals surface area contributed by atoms with Crippen molar-refractivity contribution >= 4 is 39.4 Å². The van der Waals surface area contributed by atoms with Crippen LogP contribution in [-0.2, 0) is 14.8 Å². The van der Waals surface area contributed by atoms with Gasteiger partial charge in [0.15, 0.2) is 0 Å². The number of rotatable bonds is 8. The van der Waals surface area contributed by atoms with Crippen molar-refractivity contribution in [3.05, 3.63) is 23.2 Å². The molecule has 0 aliphatic heterocycles. The number of methoxy groups -OCH3 is 1. The van der Waals surface area contributed by atoms with E-state index >= 15 is 0 Å². The van der Waals surface area contributed by atoms with Crippen LogP contribution in [0.1, 0.15) is 6.42 Å². The quantitative estimate of drug-likeness (QED) is 0.740. The molecule has 6 nitrogen and oxygen atoms in total. The Morgan fingerprint density at radius 1 is 1.52 bits per heavy atom. The minimum absolute atomic E-state index is 0.0593. The summed E-state index contributed by atoms with van der Waals surface area (Å²) < 4.78 is 31.7. The monoisotopic (exact) mass is 353 g/mol. The highest BCUT2D eigenvalue weighted by Gasteiger charge is 2.27. The van der Waals surface area contributed by atoms with Crippen LogP contribution in [-0.4, -0.2) is 44.7 Å². The number of thioether (sulfide) groups is 1. The van der Waals surface area contributed by atoms with Gasteiger partial charge in [-0.15, -0.1) is 0 Å². The maximum absolute atomic E-state index is 12.3. The average Bonchev–Trinajstić information content (AvgIpc) is 2.42. The molecule has 2 N–H and O–H groups in total. The van der Waals surface area contributed by atoms with E-state index in [1.165, 1.54) is 37.1 Å². The van der Waals surface area contributed by atoms with Gasteiger partial charge in [0.25, 0.3) is 0 Å². The number of benzene rings is 1. The molecule has 118 valence electrons. The third-order valence-corrected chi connectivity index (χ3v) is 5.01. The second-order valence-corrected chi connectivity index (χ2v) is 7.19. The Morgan fingerprint density at radius 2 is 2.19 bits per heavy atom. The largest absolute Gasteiger partial charge is 0.495 e. The minimum atomic E-state index is -4.02. The van der Waals surface area contributed by atoms with E-state index in [9.17, 15) is 13.2 Å². The van der Waals surface area contributed by atoms with Crippen molar-refractivity contribution in [1.82, 2.24) is 4.72 Å². The molecule has 1 aromatic carbocycles. The van der Waals surface area contributed by atoms with Crippen LogP contribution in [0.25, 0.3) is 0 Å². The van der Waals surface area contributed by atoms with Crippen molar-refractivity contribution in [2.45, 2.75) is 17.4 Å². The molecule has 9 heteroatoms. The second-order valence-electron chi connectivity index (χ2n) is 4.09. The molecule has 1 rings (SSSR count). The number of aliphatic carboxylic acids is 1. The third kappa shape index (κ3) is 5.06. The first-order valence-corrected chi connectivity index (χ1v) is 9.15. The SMILES string of the molecule is COc1cc(Cl)ccc1S(=O)(=O)NC(CCSC)C(=O)O. The lowest BCUT2D eigenvalue weighted by molar-refractivity contribution is -0.139. The molecule has 1 aromatic rings. The summed E-state index contributed by atoms with van der Waals surface area (Å²) in [6.45, 7) is 0. The topological polar surface area (TPSA) is 92.7 Å². The number of carboxylic acids is 1. The van der Waals surface area contributed by atoms with E-state index in [1.54, 1.807) is 0 Å². The van der Waals surface area contributed by atoms with Gasteiger partial charge in [-0.2, -0.15) is 16.5 Å². The van der Waals surface area contributed by atoms with Crippen LogP contribution in [0.2, 0.25) is 5.02 Å². The average molecular weight is 354 g/mol. The molecule has 0 radical (unpaired) electrons. The summed E-state index contributed by atoms with van der Waals surface area (Å²) >= 11 is 7.22. The maximum atomic E-state index is 12.3. The molecule has 0 fully saturated rings. The minimum Gasteiger partial charge on any atom is -0.495 e. The van der Waals surface area contributed by atoms with Gasteiger partial charge in [-0.3, -0.25) is 4.79 Å². The van der Waals surface area contributed by atoms with Gasteiger partial charge in [-0.1, -0.05) is 11.6 Å². The molecule has 0 bridgehead atoms. The van der Waals surface area contributed by atoms with E-state index in [0.29, 0.717) is 10.8 Å². The highest BCUT2D eigenvalue weighted by atomic mass is 35.5. The summed E-state index contributed by atoms with van der Waals surface area (Å²) in [6.07, 6.45) is 2.00. The van der Waals surface area contributed by atoms with Gasteiger partial charge in [0.2, 0.25) is 10.0 Å². The lowest BCUT2D eigenvalue weighted by atomic mass is 10.2. The van der Waals surface area contributed by atoms with E-state index in [1.807, 2.05) is 6.26 Å². The zero-order valence-corrected chi connectivity index (χ0v) is 13.9. The zero-order chi connectivity index (χ0) is 16.0. The van der Waals surface area contributed by atoms with E-state index in [2.05, 4.69) is 4.72 Å². The Kier molecular flexibility index (Phi) is 6.79. The number of nitrogens with one attached hydrogen (secondary N) is 1. The van der Waals surface area contributed by atoms with Crippen molar-refractivity contribution < 1.29 is 23.1 Å². The van der Waals surface area contributed by atoms with Crippen LogP contribution >= 0.6 is 23.4 Å². The fraction of sp³-hybridized carbons (Fsp3) is 0.417. The molecule has 0 aliphatic carbocycles. The maximum Gasteiger partial charge on any atom is 0.321 e. The predicted octanol–water partition coefficient (Wildman–Crippen LogP) is 1.83. The molecule has 0 saturated heterocycles. The smallest absolute Gasteiger partial charge is 0.321 e. The Bertz CT molecular complexity index is 606. The van der Waals surface area contributed by atoms with Crippen LogP contribution < -0.4 is 9.46 Å². The first-order valence-electron chi connectivity index (χ1n) is 5.89. The lowest BCUT2D eigenvalue weighted by Crippen LogP contribution is -2.41. The number of carboxylic acid groups (broad SMARTS) is 1. The van der Waals surface area contributed by atoms with Gasteiger partial charge in [0.1, 0.15) is 16.7 Å². The molecule has 0 spiro atoms. The van der Waals surface area contributed by atoms with Crippen molar-refractivity contribution in [2.75, 3.05) is 19.1 Å². The van der Waals surface area contributed by atoms with Crippen molar-refractivity contribution in [1.29, 1.82) is 0 Å². The van der Waals surface area contributed by atoms with Crippen LogP contribution in [0.15, 0.2) is 23.1 Å². The highest BCUT2D eigenvalue weighted by Crippen LogP contribution is 2.27. The van der Waals surface area contributed by atoms with E-state index in [4.69, 9.17) is 21.4 Å². The molecule has 0 aliphatic rings. The van der Waals surface area contributed by atoms with Gasteiger partial charge < -0.3 is 9.84 Å². The first-order chi connectivity index (χ1) is 9.81. The summed E-state index contributed by atoms with van der Waals surface area (Å²) in [7, 11) is -2.71. The number of hydrogen-bond donors (Lipinski definition) is 2. The molecule has 1 atom stereocenters. The third-order valence-electron chi connectivity index (χ3n) is 2.62. The van der Waals surface area contributed by atoms with Crippen LogP contribution in [0, 0.1) is 0 Å². The number of hydrogen-bond acceptors (Lipinski definition) is 5. The molecule has 0 aromatic heterocycles. The molecular weight excluding hydrogens is 338 g/mol. The van der Waals surface area contributed by atoms with E-state index < -0.39 is 22.0 Å². The van der Waals surface area contributed by atoms with Crippen LogP contribution in [0.4, 0.5) is 0 Å². The number of halogens is 1. The summed E-state index contributed by atoms with van der Waals surface area (Å²) in [5, 5.41) is 9.41. The Hall–Kier alpha value is -0.960. The van der Waals surface area contributed by atoms with Gasteiger partial charge in [0, 0.05) is 11.1 Å². The fourth-order valence-corrected chi connectivity index (χ4v) is 3.59. The standard InChI is InChI=1S/C12H16ClNO5S2/c1-19-10-7-8(13)3-4-11(10)21(17,18)14-9(12(15)16)5-6-20-2/h3-4,7,9,14H,5-6H2,1-2H3,(H,15,16). The zero-order valence-electron chi connectivity index (χ0n) is 11.5. The molecule has 0 amide bonds. The number of carbonyl (C=O) groups is 1. The first kappa shape index (κ1) is 18.1. The van der Waals surface area contributed by atoms with Gasteiger partial charge in [-0.25, -0.2) is 8.42 Å². The molecule has 21 heavy (non-hydrogen) atoms. The predicted molar refractivity (Wildman–Crippen MR) is 82.7 cm³/mol. The Labute approximate surface area is 132 Å². The lowest BCUT2D eigenvalue weighted by Gasteiger charge is -2.16. The highest BCUT2D eigenvalue weighted by molar-refractivity contribution is 7.98. The Balaban J connectivity index is 3.07. The second kappa shape index (κ2) is 7.88. The molecule has 0 saturated carbocycles. The number of sulfonamides is 1. The van der Waals surface area contributed by atoms with E-state index in [-0.39, 0.29) is 17.1 Å². The van der Waals surface area contributed by atoms with Crippen LogP contribution in [0.5, 0.6) is 5.75 Å². The van der Waals surface area contributed by atoms with Gasteiger partial charge in [-0.05, 0) is 30.6 Å². The van der Waals surface area contributed by atoms with Gasteiger partial charge in [0.05, 0.1) is 7.11 Å². The summed E-state index contributed by atoms with van der Waals surface area (Å²) in [6, 6.07) is 2.84.